The summed E-state index contributed by atoms with van der Waals surface area (Å²) in [5, 5.41) is 2.74. The summed E-state index contributed by atoms with van der Waals surface area (Å²) in [5.74, 6) is -0.279. The van der Waals surface area contributed by atoms with E-state index in [0.29, 0.717) is 23.6 Å². The SMILES string of the molecule is C=C(C)C(=O)Nc1cc(CP(O)OC)cc(CP(O)OC)c1. The van der Waals surface area contributed by atoms with Gasteiger partial charge in [-0.25, -0.2) is 0 Å². The highest BCUT2D eigenvalue weighted by Gasteiger charge is 2.12. The van der Waals surface area contributed by atoms with E-state index in [-0.39, 0.29) is 5.91 Å². The van der Waals surface area contributed by atoms with Crippen LogP contribution in [0.25, 0.3) is 0 Å². The fourth-order valence-electron chi connectivity index (χ4n) is 1.70. The number of carbonyl (C=O) groups excluding carboxylic acids is 1. The van der Waals surface area contributed by atoms with E-state index in [4.69, 9.17) is 9.05 Å². The van der Waals surface area contributed by atoms with Crippen molar-refractivity contribution in [2.75, 3.05) is 19.5 Å². The molecular formula is C14H21NO5P2. The van der Waals surface area contributed by atoms with Crippen molar-refractivity contribution in [3.63, 3.8) is 0 Å². The Kier molecular flexibility index (Phi) is 8.12. The zero-order valence-corrected chi connectivity index (χ0v) is 14.7. The van der Waals surface area contributed by atoms with Crippen LogP contribution in [0.15, 0.2) is 30.4 Å². The molecule has 3 N–H and O–H groups in total. The lowest BCUT2D eigenvalue weighted by Gasteiger charge is -2.14. The average molecular weight is 345 g/mol. The van der Waals surface area contributed by atoms with Crippen molar-refractivity contribution in [2.45, 2.75) is 19.2 Å². The van der Waals surface area contributed by atoms with Crippen LogP contribution < -0.4 is 5.32 Å². The molecule has 22 heavy (non-hydrogen) atoms. The van der Waals surface area contributed by atoms with Gasteiger partial charge < -0.3 is 24.2 Å². The molecule has 0 aliphatic rings. The van der Waals surface area contributed by atoms with Gasteiger partial charge in [-0.2, -0.15) is 0 Å². The standard InChI is InChI=1S/C14H21NO5P2/c1-10(2)14(16)15-13-6-11(8-21(17)19-3)5-12(7-13)9-22(18)20-4/h5-7,17-18H,1,8-9H2,2-4H3,(H,15,16). The van der Waals surface area contributed by atoms with Gasteiger partial charge in [-0.15, -0.1) is 0 Å². The molecule has 0 bridgehead atoms. The van der Waals surface area contributed by atoms with Crippen molar-refractivity contribution >= 4 is 28.3 Å². The van der Waals surface area contributed by atoms with Gasteiger partial charge in [0.25, 0.3) is 5.91 Å². The predicted octanol–water partition coefficient (Wildman–Crippen LogP) is 3.10. The van der Waals surface area contributed by atoms with Crippen molar-refractivity contribution in [3.05, 3.63) is 41.5 Å². The largest absolute Gasteiger partial charge is 0.350 e. The highest BCUT2D eigenvalue weighted by atomic mass is 31.2. The first-order valence-corrected chi connectivity index (χ1v) is 9.26. The third-order valence-corrected chi connectivity index (χ3v) is 4.87. The van der Waals surface area contributed by atoms with Crippen molar-refractivity contribution in [2.24, 2.45) is 0 Å². The Labute approximate surface area is 133 Å². The van der Waals surface area contributed by atoms with Gasteiger partial charge in [0.05, 0.1) is 0 Å². The number of hydrogen-bond acceptors (Lipinski definition) is 5. The van der Waals surface area contributed by atoms with Gasteiger partial charge in [0.2, 0.25) is 0 Å². The summed E-state index contributed by atoms with van der Waals surface area (Å²) in [6.45, 7) is 5.21. The van der Waals surface area contributed by atoms with Gasteiger partial charge in [-0.3, -0.25) is 4.79 Å². The summed E-state index contributed by atoms with van der Waals surface area (Å²) < 4.78 is 9.81. The summed E-state index contributed by atoms with van der Waals surface area (Å²) in [6.07, 6.45) is 0.678. The molecule has 1 rings (SSSR count). The number of hydrogen-bond donors (Lipinski definition) is 3. The molecule has 1 aromatic carbocycles. The summed E-state index contributed by atoms with van der Waals surface area (Å²) in [5.41, 5.74) is 2.60. The van der Waals surface area contributed by atoms with Gasteiger partial charge >= 0.3 is 0 Å². The molecule has 1 amide bonds. The number of anilines is 1. The third kappa shape index (κ3) is 6.49. The average Bonchev–Trinajstić information content (AvgIpc) is 2.46. The lowest BCUT2D eigenvalue weighted by atomic mass is 10.1. The van der Waals surface area contributed by atoms with Crippen LogP contribution in [0.3, 0.4) is 0 Å². The maximum Gasteiger partial charge on any atom is 0.250 e. The third-order valence-electron chi connectivity index (χ3n) is 2.76. The van der Waals surface area contributed by atoms with Crippen LogP contribution >= 0.6 is 16.8 Å². The number of nitrogens with one attached hydrogen (secondary N) is 1. The normalized spacial score (nSPS) is 13.5. The minimum Gasteiger partial charge on any atom is -0.350 e. The Bertz CT molecular complexity index is 508. The maximum absolute atomic E-state index is 11.7. The molecule has 0 fully saturated rings. The van der Waals surface area contributed by atoms with Crippen molar-refractivity contribution in [1.29, 1.82) is 0 Å². The quantitative estimate of drug-likeness (QED) is 0.498. The Morgan fingerprint density at radius 2 is 1.59 bits per heavy atom. The van der Waals surface area contributed by atoms with E-state index in [2.05, 4.69) is 11.9 Å². The molecular weight excluding hydrogens is 324 g/mol. The van der Waals surface area contributed by atoms with E-state index in [9.17, 15) is 14.6 Å². The van der Waals surface area contributed by atoms with Crippen LogP contribution in [0.2, 0.25) is 0 Å². The van der Waals surface area contributed by atoms with Crippen molar-refractivity contribution in [3.8, 4) is 0 Å². The fraction of sp³-hybridized carbons (Fsp3) is 0.357. The van der Waals surface area contributed by atoms with E-state index >= 15 is 0 Å². The first-order valence-electron chi connectivity index (χ1n) is 6.46. The van der Waals surface area contributed by atoms with E-state index in [1.54, 1.807) is 19.1 Å². The summed E-state index contributed by atoms with van der Waals surface area (Å²) in [6, 6.07) is 5.38. The molecule has 0 spiro atoms. The lowest BCUT2D eigenvalue weighted by molar-refractivity contribution is -0.112. The molecule has 122 valence electrons. The molecule has 0 saturated carbocycles. The molecule has 0 aliphatic carbocycles. The van der Waals surface area contributed by atoms with Crippen molar-refractivity contribution in [1.82, 2.24) is 0 Å². The molecule has 0 aromatic heterocycles. The van der Waals surface area contributed by atoms with Gasteiger partial charge in [0.15, 0.2) is 16.8 Å². The molecule has 1 aromatic rings. The summed E-state index contributed by atoms with van der Waals surface area (Å²) in [4.78, 5) is 31.1. The molecule has 0 saturated heterocycles. The van der Waals surface area contributed by atoms with Gasteiger partial charge in [0.1, 0.15) is 0 Å². The zero-order valence-electron chi connectivity index (χ0n) is 12.9. The predicted molar refractivity (Wildman–Crippen MR) is 89.6 cm³/mol. The van der Waals surface area contributed by atoms with Crippen LogP contribution in [0.5, 0.6) is 0 Å². The first-order chi connectivity index (χ1) is 10.3. The summed E-state index contributed by atoms with van der Waals surface area (Å²) >= 11 is 0. The second-order valence-corrected chi connectivity index (χ2v) is 7.43. The van der Waals surface area contributed by atoms with Crippen LogP contribution in [-0.2, 0) is 26.2 Å². The van der Waals surface area contributed by atoms with Crippen LogP contribution in [-0.4, -0.2) is 29.9 Å². The molecule has 0 radical (unpaired) electrons. The molecule has 6 nitrogen and oxygen atoms in total. The zero-order chi connectivity index (χ0) is 16.7. The lowest BCUT2D eigenvalue weighted by Crippen LogP contribution is -2.12. The van der Waals surface area contributed by atoms with E-state index < -0.39 is 16.8 Å². The number of rotatable bonds is 8. The highest BCUT2D eigenvalue weighted by Crippen LogP contribution is 2.38. The second-order valence-electron chi connectivity index (χ2n) is 4.66. The molecule has 2 unspecified atom stereocenters. The fourth-order valence-corrected chi connectivity index (χ4v) is 2.94. The smallest absolute Gasteiger partial charge is 0.250 e. The minimum atomic E-state index is -1.55. The Morgan fingerprint density at radius 1 is 1.14 bits per heavy atom. The van der Waals surface area contributed by atoms with E-state index in [1.807, 2.05) is 6.07 Å². The number of benzene rings is 1. The topological polar surface area (TPSA) is 88.0 Å². The van der Waals surface area contributed by atoms with Gasteiger partial charge in [-0.1, -0.05) is 12.6 Å². The monoisotopic (exact) mass is 345 g/mol. The highest BCUT2D eigenvalue weighted by molar-refractivity contribution is 7.45. The molecule has 0 heterocycles. The maximum atomic E-state index is 11.7. The van der Waals surface area contributed by atoms with Gasteiger partial charge in [-0.05, 0) is 30.2 Å². The van der Waals surface area contributed by atoms with Crippen LogP contribution in [0.1, 0.15) is 18.1 Å². The molecule has 2 atom stereocenters. The Balaban J connectivity index is 3.02. The van der Waals surface area contributed by atoms with E-state index in [0.717, 1.165) is 11.1 Å². The molecule has 8 heteroatoms. The van der Waals surface area contributed by atoms with Crippen LogP contribution in [0, 0.1) is 0 Å². The Morgan fingerprint density at radius 3 is 1.95 bits per heavy atom. The summed E-state index contributed by atoms with van der Waals surface area (Å²) in [7, 11) is -0.226. The minimum absolute atomic E-state index is 0.279. The van der Waals surface area contributed by atoms with Gasteiger partial charge in [0, 0.05) is 37.8 Å². The number of carbonyl (C=O) groups is 1. The first kappa shape index (κ1) is 19.2. The second kappa shape index (κ2) is 9.31. The van der Waals surface area contributed by atoms with Crippen molar-refractivity contribution < 1.29 is 23.6 Å². The van der Waals surface area contributed by atoms with E-state index in [1.165, 1.54) is 14.2 Å². The Hall–Kier alpha value is -0.870. The van der Waals surface area contributed by atoms with Crippen LogP contribution in [0.4, 0.5) is 5.69 Å². The number of amides is 1. The molecule has 0 aliphatic heterocycles.